The number of likely N-dealkylation sites (N-methyl/N-ethyl adjacent to an activating group) is 1. The first-order valence-corrected chi connectivity index (χ1v) is 8.56. The number of fused-ring (bicyclic) bond motifs is 1. The highest BCUT2D eigenvalue weighted by molar-refractivity contribution is 7.17. The van der Waals surface area contributed by atoms with Gasteiger partial charge < -0.3 is 10.1 Å². The first-order valence-electron chi connectivity index (χ1n) is 7.74. The molecule has 1 aliphatic rings. The van der Waals surface area contributed by atoms with Gasteiger partial charge in [-0.2, -0.15) is 0 Å². The minimum absolute atomic E-state index is 0.103. The molecule has 22 heavy (non-hydrogen) atoms. The van der Waals surface area contributed by atoms with Crippen LogP contribution < -0.4 is 5.32 Å². The van der Waals surface area contributed by atoms with Crippen LogP contribution in [0.2, 0.25) is 0 Å². The first-order chi connectivity index (χ1) is 10.5. The molecule has 0 spiro atoms. The maximum absolute atomic E-state index is 12.3. The van der Waals surface area contributed by atoms with Crippen molar-refractivity contribution in [2.24, 2.45) is 0 Å². The summed E-state index contributed by atoms with van der Waals surface area (Å²) in [4.78, 5) is 27.7. The van der Waals surface area contributed by atoms with Gasteiger partial charge in [0.1, 0.15) is 5.00 Å². The van der Waals surface area contributed by atoms with Crippen LogP contribution in [0.3, 0.4) is 0 Å². The van der Waals surface area contributed by atoms with Crippen molar-refractivity contribution < 1.29 is 14.3 Å². The van der Waals surface area contributed by atoms with Gasteiger partial charge in [-0.25, -0.2) is 4.79 Å². The number of anilines is 1. The molecule has 0 aliphatic heterocycles. The number of amides is 1. The van der Waals surface area contributed by atoms with Crippen molar-refractivity contribution in [3.8, 4) is 0 Å². The molecule has 5 nitrogen and oxygen atoms in total. The fourth-order valence-electron chi connectivity index (χ4n) is 2.52. The predicted octanol–water partition coefficient (Wildman–Crippen LogP) is 2.69. The van der Waals surface area contributed by atoms with Crippen molar-refractivity contribution >= 4 is 28.2 Å². The number of nitrogens with one attached hydrogen (secondary N) is 1. The van der Waals surface area contributed by atoms with E-state index in [4.69, 9.17) is 4.74 Å². The van der Waals surface area contributed by atoms with Crippen LogP contribution in [0.1, 0.15) is 47.5 Å². The van der Waals surface area contributed by atoms with Crippen LogP contribution in [0.15, 0.2) is 0 Å². The molecule has 1 amide bonds. The topological polar surface area (TPSA) is 58.6 Å². The van der Waals surface area contributed by atoms with E-state index in [1.54, 1.807) is 6.92 Å². The summed E-state index contributed by atoms with van der Waals surface area (Å²) in [6.07, 6.45) is 4.08. The number of esters is 1. The van der Waals surface area contributed by atoms with E-state index in [9.17, 15) is 9.59 Å². The van der Waals surface area contributed by atoms with E-state index in [-0.39, 0.29) is 17.9 Å². The van der Waals surface area contributed by atoms with Crippen LogP contribution in [0, 0.1) is 0 Å². The average Bonchev–Trinajstić information content (AvgIpc) is 2.84. The van der Waals surface area contributed by atoms with Gasteiger partial charge in [0, 0.05) is 4.88 Å². The van der Waals surface area contributed by atoms with E-state index in [1.807, 2.05) is 25.9 Å². The van der Waals surface area contributed by atoms with Crippen molar-refractivity contribution in [3.63, 3.8) is 0 Å². The molecule has 1 aromatic heterocycles. The lowest BCUT2D eigenvalue weighted by Crippen LogP contribution is -2.37. The molecule has 1 unspecified atom stereocenters. The second-order valence-electron chi connectivity index (χ2n) is 5.76. The van der Waals surface area contributed by atoms with E-state index in [0.717, 1.165) is 31.2 Å². The van der Waals surface area contributed by atoms with Gasteiger partial charge in [-0.3, -0.25) is 9.69 Å². The number of rotatable bonds is 5. The molecule has 122 valence electrons. The van der Waals surface area contributed by atoms with Crippen LogP contribution in [0.4, 0.5) is 5.00 Å². The first kappa shape index (κ1) is 17.0. The normalized spacial score (nSPS) is 15.3. The van der Waals surface area contributed by atoms with Crippen LogP contribution in [-0.4, -0.2) is 43.5 Å². The highest BCUT2D eigenvalue weighted by atomic mass is 32.1. The lowest BCUT2D eigenvalue weighted by atomic mass is 9.95. The number of hydrogen-bond donors (Lipinski definition) is 1. The Balaban J connectivity index is 2.32. The van der Waals surface area contributed by atoms with E-state index in [1.165, 1.54) is 16.2 Å². The molecule has 0 radical (unpaired) electrons. The fraction of sp³-hybridized carbons (Fsp3) is 0.625. The van der Waals surface area contributed by atoms with Gasteiger partial charge in [0.2, 0.25) is 5.91 Å². The molecule has 1 aromatic rings. The summed E-state index contributed by atoms with van der Waals surface area (Å²) >= 11 is 1.52. The minimum Gasteiger partial charge on any atom is -0.462 e. The molecular weight excluding hydrogens is 300 g/mol. The summed E-state index contributed by atoms with van der Waals surface area (Å²) in [7, 11) is 3.71. The van der Waals surface area contributed by atoms with Crippen molar-refractivity contribution in [2.45, 2.75) is 45.6 Å². The Morgan fingerprint density at radius 1 is 1.32 bits per heavy atom. The van der Waals surface area contributed by atoms with Crippen molar-refractivity contribution in [1.82, 2.24) is 4.90 Å². The third kappa shape index (κ3) is 3.50. The largest absolute Gasteiger partial charge is 0.462 e. The Morgan fingerprint density at radius 3 is 2.64 bits per heavy atom. The smallest absolute Gasteiger partial charge is 0.341 e. The van der Waals surface area contributed by atoms with Gasteiger partial charge in [0.15, 0.2) is 0 Å². The average molecular weight is 324 g/mol. The Labute approximate surface area is 135 Å². The minimum atomic E-state index is -0.324. The summed E-state index contributed by atoms with van der Waals surface area (Å²) in [5.74, 6) is -0.427. The maximum atomic E-state index is 12.3. The molecule has 1 aliphatic carbocycles. The van der Waals surface area contributed by atoms with Crippen molar-refractivity contribution in [3.05, 3.63) is 16.0 Å². The van der Waals surface area contributed by atoms with E-state index < -0.39 is 0 Å². The Morgan fingerprint density at radius 2 is 2.00 bits per heavy atom. The third-order valence-electron chi connectivity index (χ3n) is 4.04. The van der Waals surface area contributed by atoms with Gasteiger partial charge in [0.05, 0.1) is 18.2 Å². The molecule has 2 rings (SSSR count). The standard InChI is InChI=1S/C16H24N2O3S/c1-5-21-16(20)13-11-8-6-7-9-12(11)22-15(13)17-14(19)10(2)18(3)4/h10H,5-9H2,1-4H3,(H,17,19). The van der Waals surface area contributed by atoms with Gasteiger partial charge in [0.25, 0.3) is 0 Å². The number of thiophene rings is 1. The summed E-state index contributed by atoms with van der Waals surface area (Å²) in [5.41, 5.74) is 1.64. The van der Waals surface area contributed by atoms with E-state index in [2.05, 4.69) is 5.32 Å². The lowest BCUT2D eigenvalue weighted by molar-refractivity contribution is -0.119. The quantitative estimate of drug-likeness (QED) is 0.846. The lowest BCUT2D eigenvalue weighted by Gasteiger charge is -2.18. The molecule has 1 atom stereocenters. The highest BCUT2D eigenvalue weighted by Crippen LogP contribution is 2.38. The number of nitrogens with zero attached hydrogens (tertiary/aromatic N) is 1. The predicted molar refractivity (Wildman–Crippen MR) is 88.7 cm³/mol. The molecule has 1 heterocycles. The van der Waals surface area contributed by atoms with E-state index >= 15 is 0 Å². The second kappa shape index (κ2) is 7.24. The molecule has 0 bridgehead atoms. The van der Waals surface area contributed by atoms with Crippen molar-refractivity contribution in [2.75, 3.05) is 26.0 Å². The van der Waals surface area contributed by atoms with Crippen LogP contribution in [0.5, 0.6) is 0 Å². The Kier molecular flexibility index (Phi) is 5.58. The molecule has 0 aromatic carbocycles. The number of aryl methyl sites for hydroxylation is 1. The second-order valence-corrected chi connectivity index (χ2v) is 6.87. The molecule has 0 saturated heterocycles. The van der Waals surface area contributed by atoms with Crippen LogP contribution in [0.25, 0.3) is 0 Å². The number of carbonyl (C=O) groups is 2. The summed E-state index contributed by atoms with van der Waals surface area (Å²) in [6, 6.07) is -0.255. The zero-order valence-electron chi connectivity index (χ0n) is 13.7. The number of hydrogen-bond acceptors (Lipinski definition) is 5. The highest BCUT2D eigenvalue weighted by Gasteiger charge is 2.28. The zero-order chi connectivity index (χ0) is 16.3. The maximum Gasteiger partial charge on any atom is 0.341 e. The summed E-state index contributed by atoms with van der Waals surface area (Å²) in [5, 5.41) is 3.57. The molecule has 0 fully saturated rings. The summed E-state index contributed by atoms with van der Waals surface area (Å²) < 4.78 is 5.19. The van der Waals surface area contributed by atoms with Crippen LogP contribution in [-0.2, 0) is 22.4 Å². The third-order valence-corrected chi connectivity index (χ3v) is 5.25. The Hall–Kier alpha value is -1.40. The number of ether oxygens (including phenoxy) is 1. The van der Waals surface area contributed by atoms with E-state index in [0.29, 0.717) is 17.2 Å². The molecular formula is C16H24N2O3S. The van der Waals surface area contributed by atoms with Crippen molar-refractivity contribution in [1.29, 1.82) is 0 Å². The van der Waals surface area contributed by atoms with Gasteiger partial charge in [-0.05, 0) is 59.2 Å². The molecule has 1 N–H and O–H groups in total. The molecule has 6 heteroatoms. The van der Waals surface area contributed by atoms with Gasteiger partial charge in [-0.1, -0.05) is 0 Å². The monoisotopic (exact) mass is 324 g/mol. The van der Waals surface area contributed by atoms with Gasteiger partial charge >= 0.3 is 5.97 Å². The Bertz CT molecular complexity index is 566. The SMILES string of the molecule is CCOC(=O)c1c(NC(=O)C(C)N(C)C)sc2c1CCCC2. The fourth-order valence-corrected chi connectivity index (χ4v) is 3.80. The molecule has 0 saturated carbocycles. The summed E-state index contributed by atoms with van der Waals surface area (Å²) in [6.45, 7) is 3.97. The van der Waals surface area contributed by atoms with Crippen LogP contribution >= 0.6 is 11.3 Å². The van der Waals surface area contributed by atoms with Gasteiger partial charge in [-0.15, -0.1) is 11.3 Å². The number of carbonyl (C=O) groups excluding carboxylic acids is 2. The zero-order valence-corrected chi connectivity index (χ0v) is 14.5.